The zero-order valence-electron chi connectivity index (χ0n) is 19.1. The van der Waals surface area contributed by atoms with Crippen LogP contribution in [-0.2, 0) is 4.79 Å². The summed E-state index contributed by atoms with van der Waals surface area (Å²) in [6.45, 7) is 5.99. The number of aryl methyl sites for hydroxylation is 2. The quantitative estimate of drug-likeness (QED) is 0.382. The van der Waals surface area contributed by atoms with E-state index < -0.39 is 0 Å². The molecule has 0 fully saturated rings. The van der Waals surface area contributed by atoms with Gasteiger partial charge in [-0.15, -0.1) is 5.10 Å². The van der Waals surface area contributed by atoms with Crippen LogP contribution in [0.4, 0.5) is 11.4 Å². The van der Waals surface area contributed by atoms with Crippen LogP contribution in [-0.4, -0.2) is 37.8 Å². The lowest BCUT2D eigenvalue weighted by Crippen LogP contribution is -2.19. The van der Waals surface area contributed by atoms with E-state index in [1.165, 1.54) is 11.8 Å². The van der Waals surface area contributed by atoms with E-state index in [1.807, 2.05) is 63.2 Å². The fourth-order valence-electron chi connectivity index (χ4n) is 3.41. The van der Waals surface area contributed by atoms with Gasteiger partial charge in [-0.1, -0.05) is 48.2 Å². The van der Waals surface area contributed by atoms with E-state index in [9.17, 15) is 9.59 Å². The van der Waals surface area contributed by atoms with E-state index in [1.54, 1.807) is 28.9 Å². The Morgan fingerprint density at radius 1 is 0.941 bits per heavy atom. The molecule has 9 heteroatoms. The maximum Gasteiger partial charge on any atom is 0.257 e. The van der Waals surface area contributed by atoms with Crippen molar-refractivity contribution in [2.75, 3.05) is 16.4 Å². The molecule has 172 valence electrons. The zero-order chi connectivity index (χ0) is 24.1. The third-order valence-electron chi connectivity index (χ3n) is 5.30. The second-order valence-corrected chi connectivity index (χ2v) is 8.74. The van der Waals surface area contributed by atoms with E-state index in [0.717, 1.165) is 22.4 Å². The van der Waals surface area contributed by atoms with Crippen molar-refractivity contribution in [3.63, 3.8) is 0 Å². The van der Waals surface area contributed by atoms with Crippen molar-refractivity contribution >= 4 is 35.0 Å². The monoisotopic (exact) mass is 472 g/mol. The predicted molar refractivity (Wildman–Crippen MR) is 134 cm³/mol. The first-order valence-corrected chi connectivity index (χ1v) is 11.7. The van der Waals surface area contributed by atoms with Crippen LogP contribution in [0.15, 0.2) is 71.9 Å². The molecular weight excluding hydrogens is 448 g/mol. The van der Waals surface area contributed by atoms with Gasteiger partial charge in [-0.3, -0.25) is 9.59 Å². The number of para-hydroxylation sites is 1. The Kier molecular flexibility index (Phi) is 7.03. The fourth-order valence-corrected chi connectivity index (χ4v) is 4.10. The van der Waals surface area contributed by atoms with Crippen LogP contribution >= 0.6 is 11.8 Å². The Balaban J connectivity index is 1.44. The summed E-state index contributed by atoms with van der Waals surface area (Å²) in [5.74, 6) is -0.483. The average molecular weight is 473 g/mol. The molecule has 0 unspecified atom stereocenters. The summed E-state index contributed by atoms with van der Waals surface area (Å²) in [4.78, 5) is 25.5. The molecule has 1 heterocycles. The van der Waals surface area contributed by atoms with Gasteiger partial charge in [-0.05, 0) is 78.2 Å². The van der Waals surface area contributed by atoms with Crippen LogP contribution in [0.25, 0.3) is 5.69 Å². The minimum Gasteiger partial charge on any atom is -0.325 e. The number of rotatable bonds is 7. The van der Waals surface area contributed by atoms with Crippen LogP contribution in [0.3, 0.4) is 0 Å². The summed E-state index contributed by atoms with van der Waals surface area (Å²) in [6, 6.07) is 20.4. The number of anilines is 2. The highest BCUT2D eigenvalue weighted by molar-refractivity contribution is 7.99. The molecule has 8 nitrogen and oxygen atoms in total. The van der Waals surface area contributed by atoms with Crippen molar-refractivity contribution in [3.8, 4) is 5.69 Å². The van der Waals surface area contributed by atoms with Crippen LogP contribution < -0.4 is 10.6 Å². The maximum absolute atomic E-state index is 12.8. The Bertz CT molecular complexity index is 1350. The van der Waals surface area contributed by atoms with Crippen LogP contribution in [0.2, 0.25) is 0 Å². The Hall–Kier alpha value is -3.98. The molecule has 3 aromatic carbocycles. The number of hydrogen-bond acceptors (Lipinski definition) is 6. The predicted octanol–water partition coefficient (Wildman–Crippen LogP) is 4.57. The molecule has 2 amide bonds. The Morgan fingerprint density at radius 3 is 2.56 bits per heavy atom. The van der Waals surface area contributed by atoms with Crippen molar-refractivity contribution in [1.29, 1.82) is 0 Å². The van der Waals surface area contributed by atoms with Crippen molar-refractivity contribution in [1.82, 2.24) is 20.2 Å². The van der Waals surface area contributed by atoms with Crippen molar-refractivity contribution in [2.45, 2.75) is 25.9 Å². The first kappa shape index (κ1) is 23.2. The maximum atomic E-state index is 12.8. The second kappa shape index (κ2) is 10.3. The van der Waals surface area contributed by atoms with Gasteiger partial charge in [-0.2, -0.15) is 4.68 Å². The molecular formula is C25H24N6O2S. The van der Waals surface area contributed by atoms with Crippen molar-refractivity contribution < 1.29 is 9.59 Å². The van der Waals surface area contributed by atoms with E-state index >= 15 is 0 Å². The van der Waals surface area contributed by atoms with E-state index in [-0.39, 0.29) is 17.6 Å². The molecule has 34 heavy (non-hydrogen) atoms. The lowest BCUT2D eigenvalue weighted by molar-refractivity contribution is -0.113. The number of carbonyl (C=O) groups excluding carboxylic acids is 2. The number of benzene rings is 3. The molecule has 0 radical (unpaired) electrons. The summed E-state index contributed by atoms with van der Waals surface area (Å²) in [5, 5.41) is 18.1. The molecule has 0 bridgehead atoms. The Labute approximate surface area is 201 Å². The van der Waals surface area contributed by atoms with Crippen LogP contribution in [0.1, 0.15) is 27.0 Å². The lowest BCUT2D eigenvalue weighted by atomic mass is 10.1. The highest BCUT2D eigenvalue weighted by Crippen LogP contribution is 2.23. The smallest absolute Gasteiger partial charge is 0.257 e. The van der Waals surface area contributed by atoms with Crippen molar-refractivity contribution in [3.05, 3.63) is 89.0 Å². The molecule has 0 saturated heterocycles. The minimum atomic E-state index is -0.298. The van der Waals surface area contributed by atoms with Crippen LogP contribution in [0, 0.1) is 20.8 Å². The highest BCUT2D eigenvalue weighted by atomic mass is 32.2. The number of thioether (sulfide) groups is 1. The molecule has 2 N–H and O–H groups in total. The number of amides is 2. The van der Waals surface area contributed by atoms with Gasteiger partial charge in [0.1, 0.15) is 0 Å². The van der Waals surface area contributed by atoms with Gasteiger partial charge in [0, 0.05) is 5.69 Å². The third kappa shape index (κ3) is 5.32. The average Bonchev–Trinajstić information content (AvgIpc) is 3.28. The van der Waals surface area contributed by atoms with Crippen LogP contribution in [0.5, 0.6) is 0 Å². The zero-order valence-corrected chi connectivity index (χ0v) is 19.9. The molecule has 0 saturated carbocycles. The molecule has 0 aliphatic rings. The van der Waals surface area contributed by atoms with Gasteiger partial charge < -0.3 is 10.6 Å². The number of nitrogens with zero attached hydrogens (tertiary/aromatic N) is 4. The largest absolute Gasteiger partial charge is 0.325 e. The van der Waals surface area contributed by atoms with E-state index in [0.29, 0.717) is 22.1 Å². The summed E-state index contributed by atoms with van der Waals surface area (Å²) in [5.41, 5.74) is 5.61. The number of nitrogens with one attached hydrogen (secondary N) is 2. The summed E-state index contributed by atoms with van der Waals surface area (Å²) < 4.78 is 1.63. The molecule has 4 aromatic rings. The Morgan fingerprint density at radius 2 is 1.74 bits per heavy atom. The molecule has 4 rings (SSSR count). The SMILES string of the molecule is Cc1cccc(NC(=O)c2ccccc2NC(=O)CSc2nnnn2-c2cccc(C)c2C)c1. The third-order valence-corrected chi connectivity index (χ3v) is 6.22. The lowest BCUT2D eigenvalue weighted by Gasteiger charge is -2.12. The van der Waals surface area contributed by atoms with Gasteiger partial charge in [0.15, 0.2) is 0 Å². The van der Waals surface area contributed by atoms with Gasteiger partial charge in [-0.25, -0.2) is 0 Å². The normalized spacial score (nSPS) is 10.7. The molecule has 0 aliphatic heterocycles. The summed E-state index contributed by atoms with van der Waals surface area (Å²) in [6.07, 6.45) is 0. The topological polar surface area (TPSA) is 102 Å². The van der Waals surface area contributed by atoms with Gasteiger partial charge in [0.25, 0.3) is 5.91 Å². The number of tetrazole rings is 1. The van der Waals surface area contributed by atoms with Gasteiger partial charge in [0.2, 0.25) is 11.1 Å². The van der Waals surface area contributed by atoms with E-state index in [2.05, 4.69) is 26.2 Å². The number of carbonyl (C=O) groups is 2. The first-order chi connectivity index (χ1) is 16.4. The molecule has 1 aromatic heterocycles. The highest BCUT2D eigenvalue weighted by Gasteiger charge is 2.16. The first-order valence-electron chi connectivity index (χ1n) is 10.7. The molecule has 0 aliphatic carbocycles. The standard InChI is InChI=1S/C25H24N6O2S/c1-16-8-6-10-19(14-16)26-24(33)20-11-4-5-12-21(20)27-23(32)15-34-25-28-29-30-31(25)22-13-7-9-17(2)18(22)3/h4-14H,15H2,1-3H3,(H,26,33)(H,27,32). The number of aromatic nitrogens is 4. The molecule has 0 spiro atoms. The summed E-state index contributed by atoms with van der Waals surface area (Å²) in [7, 11) is 0. The second-order valence-electron chi connectivity index (χ2n) is 7.80. The van der Waals surface area contributed by atoms with Gasteiger partial charge in [0.05, 0.1) is 22.7 Å². The van der Waals surface area contributed by atoms with E-state index in [4.69, 9.17) is 0 Å². The minimum absolute atomic E-state index is 0.0824. The summed E-state index contributed by atoms with van der Waals surface area (Å²) >= 11 is 1.22. The number of hydrogen-bond donors (Lipinski definition) is 2. The fraction of sp³-hybridized carbons (Fsp3) is 0.160. The van der Waals surface area contributed by atoms with Gasteiger partial charge >= 0.3 is 0 Å². The van der Waals surface area contributed by atoms with Crippen molar-refractivity contribution in [2.24, 2.45) is 0 Å². The molecule has 0 atom stereocenters.